The molecule has 7 nitrogen and oxygen atoms in total. The van der Waals surface area contributed by atoms with Crippen LogP contribution in [0.4, 0.5) is 0 Å². The van der Waals surface area contributed by atoms with E-state index in [2.05, 4.69) is 5.10 Å². The number of nitrogens with zero attached hydrogens (tertiary/aromatic N) is 4. The molecule has 0 unspecified atom stereocenters. The largest absolute Gasteiger partial charge is 0.340 e. The van der Waals surface area contributed by atoms with Gasteiger partial charge in [0.1, 0.15) is 6.54 Å². The fourth-order valence-corrected chi connectivity index (χ4v) is 3.60. The van der Waals surface area contributed by atoms with Gasteiger partial charge in [0.2, 0.25) is 17.7 Å². The van der Waals surface area contributed by atoms with Gasteiger partial charge in [-0.05, 0) is 34.4 Å². The summed E-state index contributed by atoms with van der Waals surface area (Å²) in [6.45, 7) is 0.277. The molecule has 1 fully saturated rings. The van der Waals surface area contributed by atoms with Gasteiger partial charge in [-0.3, -0.25) is 24.0 Å². The number of amides is 3. The number of rotatable bonds is 6. The molecule has 0 bridgehead atoms. The molecule has 8 heteroatoms. The minimum atomic E-state index is -0.410. The van der Waals surface area contributed by atoms with Crippen LogP contribution in [0, 0.1) is 5.92 Å². The van der Waals surface area contributed by atoms with Crippen LogP contribution in [0.15, 0.2) is 29.2 Å². The molecule has 0 N–H and O–H groups in total. The van der Waals surface area contributed by atoms with Crippen molar-refractivity contribution in [2.24, 2.45) is 13.0 Å². The summed E-state index contributed by atoms with van der Waals surface area (Å²) in [5.74, 6) is -1.20. The zero-order valence-electron chi connectivity index (χ0n) is 14.2. The number of aromatic nitrogens is 2. The van der Waals surface area contributed by atoms with Gasteiger partial charge in [0.05, 0.1) is 12.1 Å². The summed E-state index contributed by atoms with van der Waals surface area (Å²) in [6.07, 6.45) is 4.14. The van der Waals surface area contributed by atoms with Gasteiger partial charge < -0.3 is 4.90 Å². The van der Waals surface area contributed by atoms with Crippen molar-refractivity contribution in [3.63, 3.8) is 0 Å². The first-order valence-corrected chi connectivity index (χ1v) is 8.95. The van der Waals surface area contributed by atoms with Crippen LogP contribution in [0.25, 0.3) is 0 Å². The van der Waals surface area contributed by atoms with Crippen LogP contribution in [-0.2, 0) is 34.4 Å². The summed E-state index contributed by atoms with van der Waals surface area (Å²) >= 11 is 1.57. The van der Waals surface area contributed by atoms with Crippen molar-refractivity contribution in [1.29, 1.82) is 0 Å². The predicted molar refractivity (Wildman–Crippen MR) is 92.5 cm³/mol. The lowest BCUT2D eigenvalue weighted by molar-refractivity contribution is -0.145. The molecule has 0 spiro atoms. The van der Waals surface area contributed by atoms with Crippen molar-refractivity contribution in [2.45, 2.75) is 19.4 Å². The predicted octanol–water partition coefficient (Wildman–Crippen LogP) is 1.06. The molecule has 132 valence electrons. The van der Waals surface area contributed by atoms with Crippen LogP contribution in [0.5, 0.6) is 0 Å². The highest BCUT2D eigenvalue weighted by Gasteiger charge is 2.39. The van der Waals surface area contributed by atoms with E-state index in [4.69, 9.17) is 0 Å². The highest BCUT2D eigenvalue weighted by Crippen LogP contribution is 2.23. The smallest absolute Gasteiger partial charge is 0.242 e. The van der Waals surface area contributed by atoms with E-state index in [9.17, 15) is 14.4 Å². The molecule has 0 aromatic carbocycles. The van der Waals surface area contributed by atoms with Crippen LogP contribution in [0.3, 0.4) is 0 Å². The zero-order chi connectivity index (χ0) is 18.0. The third-order valence-corrected chi connectivity index (χ3v) is 5.03. The molecule has 1 aliphatic heterocycles. The van der Waals surface area contributed by atoms with Crippen molar-refractivity contribution in [3.8, 4) is 0 Å². The second-order valence-corrected chi connectivity index (χ2v) is 7.11. The number of carbonyl (C=O) groups excluding carboxylic acids is 3. The maximum absolute atomic E-state index is 12.5. The van der Waals surface area contributed by atoms with Crippen molar-refractivity contribution < 1.29 is 14.4 Å². The molecule has 3 rings (SSSR count). The average molecular weight is 360 g/mol. The number of imide groups is 1. The molecular formula is C17H20N4O3S. The molecule has 0 saturated carbocycles. The zero-order valence-corrected chi connectivity index (χ0v) is 15.0. The lowest BCUT2D eigenvalue weighted by atomic mass is 10.0. The Labute approximate surface area is 149 Å². The van der Waals surface area contributed by atoms with Crippen molar-refractivity contribution in [2.75, 3.05) is 13.6 Å². The Morgan fingerprint density at radius 2 is 2.20 bits per heavy atom. The fourth-order valence-electron chi connectivity index (χ4n) is 2.94. The highest BCUT2D eigenvalue weighted by atomic mass is 32.1. The van der Waals surface area contributed by atoms with Crippen molar-refractivity contribution in [3.05, 3.63) is 40.3 Å². The Bertz CT molecular complexity index is 784. The number of thiophene rings is 1. The minimum Gasteiger partial charge on any atom is -0.340 e. The van der Waals surface area contributed by atoms with E-state index >= 15 is 0 Å². The normalized spacial score (nSPS) is 17.4. The number of aryl methyl sites for hydroxylation is 1. The molecular weight excluding hydrogens is 340 g/mol. The SMILES string of the molecule is CN(Cc1ccsc1)C(=O)CN1C(=O)C[C@H](Cc2cnn(C)c2)C1=O. The van der Waals surface area contributed by atoms with Crippen LogP contribution in [0.2, 0.25) is 0 Å². The summed E-state index contributed by atoms with van der Waals surface area (Å²) in [6, 6.07) is 1.95. The van der Waals surface area contributed by atoms with Crippen LogP contribution in [-0.4, -0.2) is 50.9 Å². The summed E-state index contributed by atoms with van der Waals surface area (Å²) in [5, 5.41) is 8.00. The first-order chi connectivity index (χ1) is 11.9. The Morgan fingerprint density at radius 3 is 2.84 bits per heavy atom. The molecule has 0 radical (unpaired) electrons. The highest BCUT2D eigenvalue weighted by molar-refractivity contribution is 7.07. The van der Waals surface area contributed by atoms with Crippen LogP contribution >= 0.6 is 11.3 Å². The quantitative estimate of drug-likeness (QED) is 0.722. The second-order valence-electron chi connectivity index (χ2n) is 6.33. The second kappa shape index (κ2) is 7.18. The molecule has 3 heterocycles. The lowest BCUT2D eigenvalue weighted by Crippen LogP contribution is -2.41. The van der Waals surface area contributed by atoms with Gasteiger partial charge in [0, 0.05) is 33.3 Å². The van der Waals surface area contributed by atoms with Gasteiger partial charge in [0.15, 0.2) is 0 Å². The molecule has 1 aliphatic rings. The standard InChI is InChI=1S/C17H20N4O3S/c1-19(8-12-3-4-25-11-12)16(23)10-21-15(22)6-14(17(21)24)5-13-7-18-20(2)9-13/h3-4,7,9,11,14H,5-6,8,10H2,1-2H3/t14-/m0/s1. The van der Waals surface area contributed by atoms with Gasteiger partial charge in [-0.25, -0.2) is 0 Å². The molecule has 0 aliphatic carbocycles. The maximum Gasteiger partial charge on any atom is 0.242 e. The van der Waals surface area contributed by atoms with E-state index in [-0.39, 0.29) is 30.7 Å². The molecule has 1 saturated heterocycles. The van der Waals surface area contributed by atoms with Crippen molar-refractivity contribution >= 4 is 29.1 Å². The third-order valence-electron chi connectivity index (χ3n) is 4.30. The van der Waals surface area contributed by atoms with Crippen molar-refractivity contribution in [1.82, 2.24) is 19.6 Å². The Kier molecular flexibility index (Phi) is 4.98. The van der Waals surface area contributed by atoms with Gasteiger partial charge in [-0.1, -0.05) is 0 Å². The summed E-state index contributed by atoms with van der Waals surface area (Å²) in [5.41, 5.74) is 1.95. The first-order valence-electron chi connectivity index (χ1n) is 8.01. The topological polar surface area (TPSA) is 75.5 Å². The monoisotopic (exact) mass is 360 g/mol. The number of carbonyl (C=O) groups is 3. The van der Waals surface area contributed by atoms with Gasteiger partial charge >= 0.3 is 0 Å². The van der Waals surface area contributed by atoms with E-state index in [1.807, 2.05) is 23.0 Å². The first kappa shape index (κ1) is 17.3. The van der Waals surface area contributed by atoms with E-state index in [1.165, 1.54) is 4.90 Å². The van der Waals surface area contributed by atoms with Crippen LogP contribution < -0.4 is 0 Å². The summed E-state index contributed by atoms with van der Waals surface area (Å²) < 4.78 is 1.66. The van der Waals surface area contributed by atoms with Gasteiger partial charge in [0.25, 0.3) is 0 Å². The maximum atomic E-state index is 12.5. The summed E-state index contributed by atoms with van der Waals surface area (Å²) in [4.78, 5) is 39.7. The van der Waals surface area contributed by atoms with Crippen LogP contribution in [0.1, 0.15) is 17.5 Å². The van der Waals surface area contributed by atoms with Gasteiger partial charge in [-0.2, -0.15) is 16.4 Å². The molecule has 2 aromatic rings. The van der Waals surface area contributed by atoms with Gasteiger partial charge in [-0.15, -0.1) is 0 Å². The number of likely N-dealkylation sites (tertiary alicyclic amines) is 1. The number of likely N-dealkylation sites (N-methyl/N-ethyl adjacent to an activating group) is 1. The summed E-state index contributed by atoms with van der Waals surface area (Å²) in [7, 11) is 3.48. The Morgan fingerprint density at radius 1 is 1.40 bits per heavy atom. The van der Waals surface area contributed by atoms with E-state index in [0.29, 0.717) is 13.0 Å². The number of hydrogen-bond donors (Lipinski definition) is 0. The molecule has 3 amide bonds. The minimum absolute atomic E-state index is 0.148. The van der Waals surface area contributed by atoms with E-state index < -0.39 is 5.92 Å². The average Bonchev–Trinajstić information content (AvgIpc) is 3.27. The Balaban J connectivity index is 1.59. The molecule has 25 heavy (non-hydrogen) atoms. The fraction of sp³-hybridized carbons (Fsp3) is 0.412. The number of hydrogen-bond acceptors (Lipinski definition) is 5. The Hall–Kier alpha value is -2.48. The third kappa shape index (κ3) is 3.96. The molecule has 2 aromatic heterocycles. The van der Waals surface area contributed by atoms with E-state index in [1.54, 1.807) is 36.3 Å². The van der Waals surface area contributed by atoms with E-state index in [0.717, 1.165) is 16.0 Å². The molecule has 1 atom stereocenters. The lowest BCUT2D eigenvalue weighted by Gasteiger charge is -2.20.